The molecule has 0 saturated heterocycles. The van der Waals surface area contributed by atoms with Gasteiger partial charge >= 0.3 is 0 Å². The molecule has 2 aromatic heterocycles. The number of rotatable bonds is 7. The lowest BCUT2D eigenvalue weighted by molar-refractivity contribution is -0.121. The molecule has 0 saturated carbocycles. The second kappa shape index (κ2) is 8.97. The van der Waals surface area contributed by atoms with Crippen molar-refractivity contribution >= 4 is 11.8 Å². The molecule has 0 unspecified atom stereocenters. The van der Waals surface area contributed by atoms with Crippen LogP contribution in [0.3, 0.4) is 0 Å². The first-order valence-electron chi connectivity index (χ1n) is 10.6. The van der Waals surface area contributed by atoms with Gasteiger partial charge in [0, 0.05) is 37.4 Å². The van der Waals surface area contributed by atoms with Gasteiger partial charge in [0.25, 0.3) is 5.91 Å². The van der Waals surface area contributed by atoms with E-state index in [1.165, 1.54) is 0 Å². The van der Waals surface area contributed by atoms with Crippen LogP contribution in [0.2, 0.25) is 0 Å². The van der Waals surface area contributed by atoms with E-state index < -0.39 is 0 Å². The lowest BCUT2D eigenvalue weighted by atomic mass is 9.94. The topological polar surface area (TPSA) is 115 Å². The van der Waals surface area contributed by atoms with Crippen LogP contribution in [0.1, 0.15) is 75.2 Å². The predicted molar refractivity (Wildman–Crippen MR) is 111 cm³/mol. The van der Waals surface area contributed by atoms with E-state index in [1.54, 1.807) is 6.20 Å². The third-order valence-electron chi connectivity index (χ3n) is 5.14. The molecule has 1 atom stereocenters. The van der Waals surface area contributed by atoms with Crippen molar-refractivity contribution in [2.75, 3.05) is 6.54 Å². The highest BCUT2D eigenvalue weighted by atomic mass is 16.5. The van der Waals surface area contributed by atoms with Crippen molar-refractivity contribution in [3.05, 3.63) is 29.2 Å². The van der Waals surface area contributed by atoms with Gasteiger partial charge in [0.2, 0.25) is 11.8 Å². The van der Waals surface area contributed by atoms with Gasteiger partial charge in [-0.3, -0.25) is 14.3 Å². The number of aromatic nitrogens is 4. The molecule has 0 radical (unpaired) electrons. The van der Waals surface area contributed by atoms with E-state index in [1.807, 2.05) is 39.3 Å². The number of aryl methyl sites for hydroxylation is 2. The average Bonchev–Trinajstić information content (AvgIpc) is 3.30. The number of nitrogens with one attached hydrogen (secondary N) is 2. The Hall–Kier alpha value is -2.71. The zero-order valence-corrected chi connectivity index (χ0v) is 18.5. The molecular formula is C21H32N6O3. The van der Waals surface area contributed by atoms with Gasteiger partial charge in [-0.25, -0.2) is 0 Å². The zero-order chi connectivity index (χ0) is 21.9. The number of amides is 2. The van der Waals surface area contributed by atoms with Crippen molar-refractivity contribution in [3.63, 3.8) is 0 Å². The largest absolute Gasteiger partial charge is 0.356 e. The molecule has 0 bridgehead atoms. The third-order valence-corrected chi connectivity index (χ3v) is 5.14. The van der Waals surface area contributed by atoms with Crippen LogP contribution in [0.15, 0.2) is 10.7 Å². The molecule has 3 rings (SSSR count). The molecule has 2 aromatic rings. The Morgan fingerprint density at radius 1 is 1.33 bits per heavy atom. The predicted octanol–water partition coefficient (Wildman–Crippen LogP) is 2.01. The number of nitrogens with zero attached hydrogens (tertiary/aromatic N) is 4. The van der Waals surface area contributed by atoms with Crippen LogP contribution in [-0.4, -0.2) is 44.3 Å². The van der Waals surface area contributed by atoms with Crippen molar-refractivity contribution in [2.45, 2.75) is 78.3 Å². The molecule has 1 aliphatic heterocycles. The quantitative estimate of drug-likeness (QED) is 0.713. The van der Waals surface area contributed by atoms with Crippen LogP contribution in [0.4, 0.5) is 0 Å². The highest BCUT2D eigenvalue weighted by molar-refractivity contribution is 5.95. The van der Waals surface area contributed by atoms with Crippen LogP contribution in [0.25, 0.3) is 0 Å². The fourth-order valence-corrected chi connectivity index (χ4v) is 3.43. The molecule has 9 nitrogen and oxygen atoms in total. The minimum atomic E-state index is -0.178. The minimum Gasteiger partial charge on any atom is -0.356 e. The molecule has 0 fully saturated rings. The third kappa shape index (κ3) is 5.46. The van der Waals surface area contributed by atoms with E-state index in [-0.39, 0.29) is 29.2 Å². The number of carbonyl (C=O) groups excluding carboxylic acids is 2. The van der Waals surface area contributed by atoms with Gasteiger partial charge in [-0.2, -0.15) is 10.1 Å². The number of carbonyl (C=O) groups is 2. The Balaban J connectivity index is 1.48. The van der Waals surface area contributed by atoms with Crippen molar-refractivity contribution in [1.82, 2.24) is 30.6 Å². The second-order valence-corrected chi connectivity index (χ2v) is 9.28. The van der Waals surface area contributed by atoms with Gasteiger partial charge < -0.3 is 15.2 Å². The summed E-state index contributed by atoms with van der Waals surface area (Å²) in [5.74, 6) is 1.28. The Kier molecular flexibility index (Phi) is 6.58. The van der Waals surface area contributed by atoms with Gasteiger partial charge in [-0.1, -0.05) is 25.9 Å². The van der Waals surface area contributed by atoms with Crippen molar-refractivity contribution in [1.29, 1.82) is 0 Å². The molecule has 1 aliphatic rings. The fourth-order valence-electron chi connectivity index (χ4n) is 3.43. The summed E-state index contributed by atoms with van der Waals surface area (Å²) < 4.78 is 7.14. The van der Waals surface area contributed by atoms with E-state index in [9.17, 15) is 9.59 Å². The molecule has 3 heterocycles. The SMILES string of the molecule is CC(C)NC(=O)c1cnn2c1C[C@H](CNC(=O)CCc1nc(C(C)(C)C)no1)CC2. The van der Waals surface area contributed by atoms with Gasteiger partial charge in [0.1, 0.15) is 0 Å². The van der Waals surface area contributed by atoms with Crippen LogP contribution in [0.5, 0.6) is 0 Å². The van der Waals surface area contributed by atoms with E-state index in [2.05, 4.69) is 25.9 Å². The molecule has 0 aromatic carbocycles. The van der Waals surface area contributed by atoms with E-state index in [4.69, 9.17) is 4.52 Å². The summed E-state index contributed by atoms with van der Waals surface area (Å²) in [6, 6.07) is 0.0741. The molecule has 164 valence electrons. The molecule has 0 aliphatic carbocycles. The van der Waals surface area contributed by atoms with Gasteiger partial charge in [0.05, 0.1) is 17.5 Å². The molecule has 2 amide bonds. The van der Waals surface area contributed by atoms with Crippen molar-refractivity contribution < 1.29 is 14.1 Å². The monoisotopic (exact) mass is 416 g/mol. The molecule has 30 heavy (non-hydrogen) atoms. The molecule has 2 N–H and O–H groups in total. The van der Waals surface area contributed by atoms with Gasteiger partial charge in [-0.05, 0) is 32.6 Å². The highest BCUT2D eigenvalue weighted by Gasteiger charge is 2.26. The second-order valence-electron chi connectivity index (χ2n) is 9.28. The Bertz CT molecular complexity index is 893. The Morgan fingerprint density at radius 3 is 2.77 bits per heavy atom. The number of hydrogen-bond acceptors (Lipinski definition) is 6. The fraction of sp³-hybridized carbons (Fsp3) is 0.667. The summed E-state index contributed by atoms with van der Waals surface area (Å²) in [7, 11) is 0. The van der Waals surface area contributed by atoms with Crippen LogP contribution < -0.4 is 10.6 Å². The maximum absolute atomic E-state index is 12.4. The van der Waals surface area contributed by atoms with Crippen molar-refractivity contribution in [3.8, 4) is 0 Å². The van der Waals surface area contributed by atoms with E-state index in [0.29, 0.717) is 36.7 Å². The first kappa shape index (κ1) is 22.0. The van der Waals surface area contributed by atoms with Gasteiger partial charge in [-0.15, -0.1) is 0 Å². The maximum Gasteiger partial charge on any atom is 0.254 e. The maximum atomic E-state index is 12.4. The molecular weight excluding hydrogens is 384 g/mol. The summed E-state index contributed by atoms with van der Waals surface area (Å²) in [6.45, 7) is 11.2. The molecule has 0 spiro atoms. The average molecular weight is 417 g/mol. The normalized spacial score (nSPS) is 16.4. The molecule has 9 heteroatoms. The van der Waals surface area contributed by atoms with Gasteiger partial charge in [0.15, 0.2) is 5.82 Å². The van der Waals surface area contributed by atoms with E-state index >= 15 is 0 Å². The Labute approximate surface area is 177 Å². The first-order chi connectivity index (χ1) is 14.1. The van der Waals surface area contributed by atoms with Crippen molar-refractivity contribution in [2.24, 2.45) is 5.92 Å². The highest BCUT2D eigenvalue weighted by Crippen LogP contribution is 2.23. The standard InChI is InChI=1S/C21H32N6O3/c1-13(2)24-19(29)15-12-23-27-9-8-14(10-16(15)27)11-22-17(28)6-7-18-25-20(26-30-18)21(3,4)5/h12-14H,6-11H2,1-5H3,(H,22,28)(H,24,29)/t14-/m1/s1. The summed E-state index contributed by atoms with van der Waals surface area (Å²) in [5.41, 5.74) is 1.40. The number of hydrogen-bond donors (Lipinski definition) is 2. The summed E-state index contributed by atoms with van der Waals surface area (Å²) in [6.07, 6.45) is 4.01. The van der Waals surface area contributed by atoms with Crippen LogP contribution >= 0.6 is 0 Å². The van der Waals surface area contributed by atoms with Crippen LogP contribution in [-0.2, 0) is 29.6 Å². The lowest BCUT2D eigenvalue weighted by Gasteiger charge is -2.24. The summed E-state index contributed by atoms with van der Waals surface area (Å²) in [5, 5.41) is 14.3. The zero-order valence-electron chi connectivity index (χ0n) is 18.5. The Morgan fingerprint density at radius 2 is 2.10 bits per heavy atom. The summed E-state index contributed by atoms with van der Waals surface area (Å²) in [4.78, 5) is 29.0. The number of fused-ring (bicyclic) bond motifs is 1. The first-order valence-corrected chi connectivity index (χ1v) is 10.6. The van der Waals surface area contributed by atoms with Crippen LogP contribution in [0, 0.1) is 5.92 Å². The summed E-state index contributed by atoms with van der Waals surface area (Å²) >= 11 is 0. The minimum absolute atomic E-state index is 0.0395. The lowest BCUT2D eigenvalue weighted by Crippen LogP contribution is -2.35. The van der Waals surface area contributed by atoms with E-state index in [0.717, 1.165) is 25.1 Å². The smallest absolute Gasteiger partial charge is 0.254 e.